The molecule has 1 amide bonds. The second kappa shape index (κ2) is 7.29. The van der Waals surface area contributed by atoms with Crippen LogP contribution in [-0.2, 0) is 16.1 Å². The lowest BCUT2D eigenvalue weighted by Gasteiger charge is -2.52. The number of morpholine rings is 1. The van der Waals surface area contributed by atoms with Gasteiger partial charge in [-0.15, -0.1) is 0 Å². The molecule has 0 saturated carbocycles. The van der Waals surface area contributed by atoms with Gasteiger partial charge in [0.25, 0.3) is 0 Å². The molecule has 1 aromatic rings. The van der Waals surface area contributed by atoms with Gasteiger partial charge >= 0.3 is 0 Å². The summed E-state index contributed by atoms with van der Waals surface area (Å²) < 4.78 is 7.31. The number of ether oxygens (including phenoxy) is 1. The zero-order valence-electron chi connectivity index (χ0n) is 16.5. The van der Waals surface area contributed by atoms with Crippen LogP contribution in [0.1, 0.15) is 31.7 Å². The van der Waals surface area contributed by atoms with E-state index in [1.165, 1.54) is 0 Å². The first-order chi connectivity index (χ1) is 12.2. The van der Waals surface area contributed by atoms with Crippen molar-refractivity contribution >= 4 is 5.91 Å². The van der Waals surface area contributed by atoms with Gasteiger partial charge in [0.05, 0.1) is 30.8 Å². The van der Waals surface area contributed by atoms with E-state index in [-0.39, 0.29) is 11.3 Å². The van der Waals surface area contributed by atoms with Crippen molar-refractivity contribution in [3.63, 3.8) is 0 Å². The van der Waals surface area contributed by atoms with Gasteiger partial charge in [0, 0.05) is 43.8 Å². The largest absolute Gasteiger partial charge is 0.388 e. The van der Waals surface area contributed by atoms with Gasteiger partial charge in [-0.1, -0.05) is 13.8 Å². The van der Waals surface area contributed by atoms with E-state index in [0.717, 1.165) is 37.7 Å². The highest BCUT2D eigenvalue weighted by Crippen LogP contribution is 2.39. The minimum Gasteiger partial charge on any atom is -0.388 e. The van der Waals surface area contributed by atoms with Crippen molar-refractivity contribution in [1.82, 2.24) is 19.4 Å². The summed E-state index contributed by atoms with van der Waals surface area (Å²) in [5, 5.41) is 11.4. The summed E-state index contributed by atoms with van der Waals surface area (Å²) in [5.74, 6) is 0.0898. The van der Waals surface area contributed by atoms with Crippen molar-refractivity contribution in [2.75, 3.05) is 45.9 Å². The molecular formula is C19H32N4O3. The summed E-state index contributed by atoms with van der Waals surface area (Å²) in [6.07, 6.45) is 2.33. The first-order valence-electron chi connectivity index (χ1n) is 9.50. The van der Waals surface area contributed by atoms with Crippen LogP contribution in [0.15, 0.2) is 6.33 Å². The Bertz CT molecular complexity index is 651. The SMILES string of the molecule is Cc1ncn(CC(=O)N2CC[C@@](O)(CN3CCOCC3)C(C)(C)C2)c1C. The summed E-state index contributed by atoms with van der Waals surface area (Å²) in [6.45, 7) is 13.4. The molecular weight excluding hydrogens is 332 g/mol. The van der Waals surface area contributed by atoms with Crippen LogP contribution in [0, 0.1) is 19.3 Å². The molecule has 2 aliphatic rings. The first-order valence-corrected chi connectivity index (χ1v) is 9.50. The number of aliphatic hydroxyl groups is 1. The average molecular weight is 364 g/mol. The van der Waals surface area contributed by atoms with E-state index >= 15 is 0 Å². The monoisotopic (exact) mass is 364 g/mol. The minimum atomic E-state index is -0.789. The Labute approximate surface area is 155 Å². The predicted octanol–water partition coefficient (Wildman–Crippen LogP) is 0.822. The lowest BCUT2D eigenvalue weighted by Crippen LogP contribution is -2.63. The number of rotatable bonds is 4. The van der Waals surface area contributed by atoms with Gasteiger partial charge in [-0.3, -0.25) is 9.69 Å². The van der Waals surface area contributed by atoms with Crippen LogP contribution < -0.4 is 0 Å². The Kier molecular flexibility index (Phi) is 5.42. The highest BCUT2D eigenvalue weighted by molar-refractivity contribution is 5.76. The molecule has 0 aliphatic carbocycles. The number of piperidine rings is 1. The first kappa shape index (κ1) is 19.3. The van der Waals surface area contributed by atoms with Crippen LogP contribution in [0.25, 0.3) is 0 Å². The fourth-order valence-corrected chi connectivity index (χ4v) is 3.95. The summed E-state index contributed by atoms with van der Waals surface area (Å²) in [7, 11) is 0. The molecule has 7 heteroatoms. The van der Waals surface area contributed by atoms with Crippen LogP contribution in [0.5, 0.6) is 0 Å². The molecule has 1 atom stereocenters. The number of hydrogen-bond donors (Lipinski definition) is 1. The van der Waals surface area contributed by atoms with Gasteiger partial charge in [0.2, 0.25) is 5.91 Å². The molecule has 2 aliphatic heterocycles. The smallest absolute Gasteiger partial charge is 0.242 e. The average Bonchev–Trinajstić information content (AvgIpc) is 2.90. The van der Waals surface area contributed by atoms with Gasteiger partial charge in [-0.2, -0.15) is 0 Å². The minimum absolute atomic E-state index is 0.0898. The molecule has 7 nitrogen and oxygen atoms in total. The van der Waals surface area contributed by atoms with E-state index < -0.39 is 5.60 Å². The van der Waals surface area contributed by atoms with Gasteiger partial charge in [-0.05, 0) is 20.3 Å². The number of hydrogen-bond acceptors (Lipinski definition) is 5. The highest BCUT2D eigenvalue weighted by atomic mass is 16.5. The lowest BCUT2D eigenvalue weighted by molar-refractivity contribution is -0.158. The van der Waals surface area contributed by atoms with Crippen LogP contribution in [0.3, 0.4) is 0 Å². The number of β-amino-alcohol motifs (C(OH)–C–C–N with tert-alkyl or cyclic N) is 1. The number of nitrogens with zero attached hydrogens (tertiary/aromatic N) is 4. The maximum absolute atomic E-state index is 12.8. The van der Waals surface area contributed by atoms with Gasteiger partial charge in [0.15, 0.2) is 0 Å². The van der Waals surface area contributed by atoms with Crippen molar-refractivity contribution in [2.24, 2.45) is 5.41 Å². The van der Waals surface area contributed by atoms with Crippen LogP contribution >= 0.6 is 0 Å². The zero-order chi connectivity index (χ0) is 18.9. The summed E-state index contributed by atoms with van der Waals surface area (Å²) >= 11 is 0. The molecule has 0 unspecified atom stereocenters. The molecule has 3 heterocycles. The van der Waals surface area contributed by atoms with E-state index in [9.17, 15) is 9.90 Å². The third-order valence-electron chi connectivity index (χ3n) is 6.23. The molecule has 2 fully saturated rings. The third kappa shape index (κ3) is 3.80. The van der Waals surface area contributed by atoms with Crippen molar-refractivity contribution in [2.45, 2.75) is 46.3 Å². The van der Waals surface area contributed by atoms with E-state index in [0.29, 0.717) is 32.6 Å². The second-order valence-corrected chi connectivity index (χ2v) is 8.41. The van der Waals surface area contributed by atoms with Gasteiger partial charge < -0.3 is 19.3 Å². The van der Waals surface area contributed by atoms with E-state index in [1.807, 2.05) is 23.3 Å². The van der Waals surface area contributed by atoms with Gasteiger partial charge in [-0.25, -0.2) is 4.98 Å². The topological polar surface area (TPSA) is 70.8 Å². The standard InChI is InChI=1S/C19H32N4O3/c1-15-16(2)23(14-20-15)11-17(24)22-6-5-19(25,18(3,4)12-22)13-21-7-9-26-10-8-21/h14,25H,5-13H2,1-4H3/t19-/m1/s1. The molecule has 26 heavy (non-hydrogen) atoms. The predicted molar refractivity (Wildman–Crippen MR) is 98.9 cm³/mol. The molecule has 0 aromatic carbocycles. The number of aryl methyl sites for hydroxylation is 1. The zero-order valence-corrected chi connectivity index (χ0v) is 16.5. The Morgan fingerprint density at radius 1 is 1.27 bits per heavy atom. The number of amides is 1. The molecule has 146 valence electrons. The van der Waals surface area contributed by atoms with Crippen LogP contribution in [0.2, 0.25) is 0 Å². The van der Waals surface area contributed by atoms with Gasteiger partial charge in [0.1, 0.15) is 6.54 Å². The normalized spacial score (nSPS) is 26.9. The number of likely N-dealkylation sites (tertiary alicyclic amines) is 1. The molecule has 1 N–H and O–H groups in total. The lowest BCUT2D eigenvalue weighted by atomic mass is 9.69. The Balaban J connectivity index is 1.63. The molecule has 0 radical (unpaired) electrons. The van der Waals surface area contributed by atoms with E-state index in [2.05, 4.69) is 23.7 Å². The van der Waals surface area contributed by atoms with Crippen LogP contribution in [0.4, 0.5) is 0 Å². The van der Waals surface area contributed by atoms with Crippen molar-refractivity contribution in [3.05, 3.63) is 17.7 Å². The summed E-state index contributed by atoms with van der Waals surface area (Å²) in [4.78, 5) is 21.2. The molecule has 0 bridgehead atoms. The molecule has 3 rings (SSSR count). The van der Waals surface area contributed by atoms with Crippen LogP contribution in [-0.4, -0.2) is 81.9 Å². The summed E-state index contributed by atoms with van der Waals surface area (Å²) in [6, 6.07) is 0. The number of carbonyl (C=O) groups excluding carboxylic acids is 1. The number of carbonyl (C=O) groups is 1. The number of imidazole rings is 1. The third-order valence-corrected chi connectivity index (χ3v) is 6.23. The number of aromatic nitrogens is 2. The second-order valence-electron chi connectivity index (χ2n) is 8.41. The fourth-order valence-electron chi connectivity index (χ4n) is 3.95. The Morgan fingerprint density at radius 2 is 1.96 bits per heavy atom. The Morgan fingerprint density at radius 3 is 2.54 bits per heavy atom. The summed E-state index contributed by atoms with van der Waals surface area (Å²) in [5.41, 5.74) is 0.831. The van der Waals surface area contributed by atoms with Crippen molar-refractivity contribution in [3.8, 4) is 0 Å². The van der Waals surface area contributed by atoms with Crippen molar-refractivity contribution in [1.29, 1.82) is 0 Å². The maximum atomic E-state index is 12.8. The van der Waals surface area contributed by atoms with Crippen molar-refractivity contribution < 1.29 is 14.6 Å². The fraction of sp³-hybridized carbons (Fsp3) is 0.789. The molecule has 0 spiro atoms. The maximum Gasteiger partial charge on any atom is 0.242 e. The highest BCUT2D eigenvalue weighted by Gasteiger charge is 2.49. The Hall–Kier alpha value is -1.44. The van der Waals surface area contributed by atoms with E-state index in [1.54, 1.807) is 6.33 Å². The molecule has 2 saturated heterocycles. The quantitative estimate of drug-likeness (QED) is 0.857. The molecule has 1 aromatic heterocycles. The van der Waals surface area contributed by atoms with E-state index in [4.69, 9.17) is 4.74 Å².